The quantitative estimate of drug-likeness (QED) is 0.469. The van der Waals surface area contributed by atoms with Gasteiger partial charge >= 0.3 is 5.97 Å². The molecule has 5 nitrogen and oxygen atoms in total. The minimum atomic E-state index is -0.934. The molecule has 1 unspecified atom stereocenters. The number of ether oxygens (including phenoxy) is 1. The van der Waals surface area contributed by atoms with Crippen LogP contribution in [0.3, 0.4) is 0 Å². The molecule has 27 heavy (non-hydrogen) atoms. The van der Waals surface area contributed by atoms with E-state index in [-0.39, 0.29) is 18.3 Å². The summed E-state index contributed by atoms with van der Waals surface area (Å²) in [6.45, 7) is 4.64. The number of carbonyl (C=O) groups excluding carboxylic acids is 1. The third-order valence-electron chi connectivity index (χ3n) is 6.88. The summed E-state index contributed by atoms with van der Waals surface area (Å²) in [5.74, 6) is 1.04. The summed E-state index contributed by atoms with van der Waals surface area (Å²) < 4.78 is 5.17. The molecule has 0 radical (unpaired) electrons. The molecular formula is C22H38O5. The Hall–Kier alpha value is -0.940. The van der Waals surface area contributed by atoms with Gasteiger partial charge in [0.2, 0.25) is 0 Å². The molecule has 0 heterocycles. The third-order valence-corrected chi connectivity index (χ3v) is 6.88. The highest BCUT2D eigenvalue weighted by Gasteiger charge is 2.50. The number of unbranched alkanes of at least 4 members (excludes halogenated alkanes) is 1. The van der Waals surface area contributed by atoms with Crippen molar-refractivity contribution in [3.8, 4) is 0 Å². The number of carboxylic acids is 1. The molecule has 2 aliphatic carbocycles. The van der Waals surface area contributed by atoms with Crippen LogP contribution in [0.5, 0.6) is 0 Å². The van der Waals surface area contributed by atoms with Gasteiger partial charge in [-0.25, -0.2) is 4.79 Å². The zero-order chi connectivity index (χ0) is 19.8. The maximum absolute atomic E-state index is 12.9. The second-order valence-corrected chi connectivity index (χ2v) is 8.75. The van der Waals surface area contributed by atoms with Crippen LogP contribution in [0.4, 0.5) is 0 Å². The summed E-state index contributed by atoms with van der Waals surface area (Å²) in [7, 11) is 0. The molecule has 0 aromatic heterocycles. The van der Waals surface area contributed by atoms with Crippen molar-refractivity contribution in [2.75, 3.05) is 13.2 Å². The standard InChI is InChI=1S/C22H38O5/c1-3-5-6-15(4-2)7-8-19(23)22-18-12-16(9-10-27-14-21(25)26)11-17(18)13-20(22)24/h15-18,20,22,24H,3-14H2,1-2H3,(H,25,26)/t15?,16-,17-,18-,20+,22-/m1/s1. The fourth-order valence-electron chi connectivity index (χ4n) is 5.39. The number of Topliss-reactive ketones (excluding diaryl/α,β-unsaturated/α-hetero) is 1. The minimum Gasteiger partial charge on any atom is -0.480 e. The van der Waals surface area contributed by atoms with Gasteiger partial charge in [-0.05, 0) is 55.8 Å². The molecule has 0 aliphatic heterocycles. The molecule has 2 N–H and O–H groups in total. The van der Waals surface area contributed by atoms with E-state index in [0.29, 0.717) is 36.7 Å². The molecular weight excluding hydrogens is 344 g/mol. The molecule has 0 aromatic rings. The Morgan fingerprint density at radius 1 is 1.15 bits per heavy atom. The van der Waals surface area contributed by atoms with Crippen molar-refractivity contribution in [1.82, 2.24) is 0 Å². The minimum absolute atomic E-state index is 0.177. The Morgan fingerprint density at radius 2 is 1.93 bits per heavy atom. The SMILES string of the molecule is CCCCC(CC)CCC(=O)[C@H]1[C@@H]2C[C@H](CCOCC(=O)O)C[C@@H]2C[C@@H]1O. The number of ketones is 1. The van der Waals surface area contributed by atoms with Crippen molar-refractivity contribution in [2.45, 2.75) is 84.2 Å². The molecule has 0 aromatic carbocycles. The number of hydrogen-bond donors (Lipinski definition) is 2. The second kappa shape index (κ2) is 11.2. The van der Waals surface area contributed by atoms with E-state index in [2.05, 4.69) is 13.8 Å². The van der Waals surface area contributed by atoms with Crippen LogP contribution in [0.1, 0.15) is 78.1 Å². The van der Waals surface area contributed by atoms with Crippen molar-refractivity contribution >= 4 is 11.8 Å². The Kier molecular flexibility index (Phi) is 9.24. The van der Waals surface area contributed by atoms with Crippen LogP contribution in [0.25, 0.3) is 0 Å². The van der Waals surface area contributed by atoms with E-state index in [4.69, 9.17) is 9.84 Å². The predicted molar refractivity (Wildman–Crippen MR) is 104 cm³/mol. The maximum Gasteiger partial charge on any atom is 0.329 e. The largest absolute Gasteiger partial charge is 0.480 e. The molecule has 2 aliphatic rings. The Labute approximate surface area is 163 Å². The summed E-state index contributed by atoms with van der Waals surface area (Å²) >= 11 is 0. The number of aliphatic hydroxyl groups excluding tert-OH is 1. The van der Waals surface area contributed by atoms with E-state index in [1.807, 2.05) is 0 Å². The Morgan fingerprint density at radius 3 is 2.59 bits per heavy atom. The van der Waals surface area contributed by atoms with Crippen molar-refractivity contribution < 1.29 is 24.5 Å². The summed E-state index contributed by atoms with van der Waals surface area (Å²) in [5, 5.41) is 19.1. The van der Waals surface area contributed by atoms with Crippen LogP contribution in [-0.4, -0.2) is 41.3 Å². The highest BCUT2D eigenvalue weighted by molar-refractivity contribution is 5.82. The topological polar surface area (TPSA) is 83.8 Å². The fraction of sp³-hybridized carbons (Fsp3) is 0.909. The van der Waals surface area contributed by atoms with Gasteiger partial charge in [0.15, 0.2) is 0 Å². The molecule has 2 saturated carbocycles. The molecule has 0 bridgehead atoms. The highest BCUT2D eigenvalue weighted by Crippen LogP contribution is 2.51. The average Bonchev–Trinajstić information content (AvgIpc) is 3.14. The van der Waals surface area contributed by atoms with Crippen LogP contribution < -0.4 is 0 Å². The van der Waals surface area contributed by atoms with Crippen molar-refractivity contribution in [1.29, 1.82) is 0 Å². The van der Waals surface area contributed by atoms with Crippen molar-refractivity contribution in [3.05, 3.63) is 0 Å². The summed E-state index contributed by atoms with van der Waals surface area (Å²) in [6.07, 6.45) is 9.49. The van der Waals surface area contributed by atoms with Gasteiger partial charge in [-0.3, -0.25) is 4.79 Å². The lowest BCUT2D eigenvalue weighted by Gasteiger charge is -2.22. The van der Waals surface area contributed by atoms with Gasteiger partial charge in [0.25, 0.3) is 0 Å². The van der Waals surface area contributed by atoms with Crippen LogP contribution in [-0.2, 0) is 14.3 Å². The van der Waals surface area contributed by atoms with E-state index < -0.39 is 12.1 Å². The molecule has 2 rings (SSSR count). The van der Waals surface area contributed by atoms with Gasteiger partial charge in [0.05, 0.1) is 6.10 Å². The molecule has 6 atom stereocenters. The molecule has 5 heteroatoms. The lowest BCUT2D eigenvalue weighted by molar-refractivity contribution is -0.142. The van der Waals surface area contributed by atoms with E-state index in [0.717, 1.165) is 38.5 Å². The monoisotopic (exact) mass is 382 g/mol. The molecule has 2 fully saturated rings. The van der Waals surface area contributed by atoms with Crippen molar-refractivity contribution in [3.63, 3.8) is 0 Å². The van der Waals surface area contributed by atoms with Gasteiger partial charge in [0, 0.05) is 18.9 Å². The van der Waals surface area contributed by atoms with Crippen LogP contribution >= 0.6 is 0 Å². The normalized spacial score (nSPS) is 31.0. The van der Waals surface area contributed by atoms with Gasteiger partial charge in [0.1, 0.15) is 12.4 Å². The number of aliphatic carboxylic acids is 1. The molecule has 156 valence electrons. The zero-order valence-electron chi connectivity index (χ0n) is 17.1. The molecule has 0 spiro atoms. The lowest BCUT2D eigenvalue weighted by Crippen LogP contribution is -2.29. The first-order valence-electron chi connectivity index (χ1n) is 11.0. The smallest absolute Gasteiger partial charge is 0.329 e. The summed E-state index contributed by atoms with van der Waals surface area (Å²) in [6, 6.07) is 0. The Bertz CT molecular complexity index is 477. The van der Waals surface area contributed by atoms with Crippen LogP contribution in [0.15, 0.2) is 0 Å². The lowest BCUT2D eigenvalue weighted by atomic mass is 9.83. The van der Waals surface area contributed by atoms with E-state index in [1.54, 1.807) is 0 Å². The molecule has 0 saturated heterocycles. The van der Waals surface area contributed by atoms with Gasteiger partial charge in [-0.2, -0.15) is 0 Å². The third kappa shape index (κ3) is 6.56. The second-order valence-electron chi connectivity index (χ2n) is 8.75. The van der Waals surface area contributed by atoms with E-state index in [9.17, 15) is 14.7 Å². The first-order chi connectivity index (χ1) is 13.0. The number of aliphatic hydroxyl groups is 1. The van der Waals surface area contributed by atoms with E-state index >= 15 is 0 Å². The zero-order valence-corrected chi connectivity index (χ0v) is 17.1. The summed E-state index contributed by atoms with van der Waals surface area (Å²) in [4.78, 5) is 23.4. The number of carboxylic acid groups (broad SMARTS) is 1. The average molecular weight is 383 g/mol. The van der Waals surface area contributed by atoms with Crippen LogP contribution in [0, 0.1) is 29.6 Å². The fourth-order valence-corrected chi connectivity index (χ4v) is 5.39. The first-order valence-corrected chi connectivity index (χ1v) is 11.0. The van der Waals surface area contributed by atoms with Gasteiger partial charge < -0.3 is 14.9 Å². The predicted octanol–water partition coefficient (Wildman–Crippen LogP) is 4.07. The Balaban J connectivity index is 1.79. The first kappa shape index (κ1) is 22.4. The maximum atomic E-state index is 12.9. The molecule has 0 amide bonds. The van der Waals surface area contributed by atoms with Crippen molar-refractivity contribution in [2.24, 2.45) is 29.6 Å². The number of carbonyl (C=O) groups is 2. The number of hydrogen-bond acceptors (Lipinski definition) is 4. The highest BCUT2D eigenvalue weighted by atomic mass is 16.5. The van der Waals surface area contributed by atoms with Gasteiger partial charge in [-0.1, -0.05) is 39.5 Å². The van der Waals surface area contributed by atoms with Gasteiger partial charge in [-0.15, -0.1) is 0 Å². The number of rotatable bonds is 13. The number of fused-ring (bicyclic) bond motifs is 1. The van der Waals surface area contributed by atoms with E-state index in [1.165, 1.54) is 19.3 Å². The van der Waals surface area contributed by atoms with Crippen LogP contribution in [0.2, 0.25) is 0 Å². The summed E-state index contributed by atoms with van der Waals surface area (Å²) in [5.41, 5.74) is 0.